The summed E-state index contributed by atoms with van der Waals surface area (Å²) < 4.78 is 10.8. The van der Waals surface area contributed by atoms with E-state index in [2.05, 4.69) is 20.8 Å². The number of rotatable bonds is 4. The van der Waals surface area contributed by atoms with Crippen LogP contribution in [0.4, 0.5) is 0 Å². The molecule has 0 aromatic heterocycles. The Bertz CT molecular complexity index is 446. The zero-order valence-electron chi connectivity index (χ0n) is 11.2. The molecule has 1 aromatic carbocycles. The van der Waals surface area contributed by atoms with Crippen LogP contribution in [0.5, 0.6) is 11.5 Å². The Morgan fingerprint density at radius 3 is 2.56 bits per heavy atom. The number of methoxy groups -OCH3 is 1. The fraction of sp³-hybridized carbons (Fsp3) is 0.500. The molecule has 0 N–H and O–H groups in total. The smallest absolute Gasteiger partial charge is 0.154 e. The average Bonchev–Trinajstić information content (AvgIpc) is 2.34. The third-order valence-corrected chi connectivity index (χ3v) is 2.74. The van der Waals surface area contributed by atoms with Gasteiger partial charge in [0, 0.05) is 5.56 Å². The largest absolute Gasteiger partial charge is 0.497 e. The summed E-state index contributed by atoms with van der Waals surface area (Å²) in [6, 6.07) is 7.56. The van der Waals surface area contributed by atoms with Gasteiger partial charge in [-0.3, -0.25) is 0 Å². The van der Waals surface area contributed by atoms with Crippen LogP contribution in [0, 0.1) is 11.3 Å². The van der Waals surface area contributed by atoms with Gasteiger partial charge >= 0.3 is 0 Å². The quantitative estimate of drug-likeness (QED) is 0.784. The first-order chi connectivity index (χ1) is 8.38. The molecule has 0 aliphatic heterocycles. The van der Waals surface area contributed by atoms with Crippen molar-refractivity contribution in [1.82, 2.24) is 0 Å². The SMILES string of the molecule is COc1ccc(OCC(Cl)C#N)c(C(C)(C)C)c1. The lowest BCUT2D eigenvalue weighted by atomic mass is 9.86. The Hall–Kier alpha value is -1.40. The fourth-order valence-corrected chi connectivity index (χ4v) is 1.61. The lowest BCUT2D eigenvalue weighted by Gasteiger charge is -2.23. The molecule has 1 atom stereocenters. The van der Waals surface area contributed by atoms with Gasteiger partial charge in [-0.1, -0.05) is 20.8 Å². The van der Waals surface area contributed by atoms with Gasteiger partial charge in [0.15, 0.2) is 5.38 Å². The highest BCUT2D eigenvalue weighted by Gasteiger charge is 2.20. The summed E-state index contributed by atoms with van der Waals surface area (Å²) >= 11 is 5.73. The van der Waals surface area contributed by atoms with E-state index in [1.165, 1.54) is 0 Å². The zero-order valence-corrected chi connectivity index (χ0v) is 11.9. The van der Waals surface area contributed by atoms with Gasteiger partial charge in [0.05, 0.1) is 13.2 Å². The number of halogens is 1. The monoisotopic (exact) mass is 267 g/mol. The van der Waals surface area contributed by atoms with Crippen LogP contribution in [0.1, 0.15) is 26.3 Å². The zero-order chi connectivity index (χ0) is 13.8. The molecule has 0 aliphatic carbocycles. The molecule has 0 amide bonds. The number of nitriles is 1. The van der Waals surface area contributed by atoms with Gasteiger partial charge in [-0.05, 0) is 23.6 Å². The average molecular weight is 268 g/mol. The molecule has 0 saturated heterocycles. The van der Waals surface area contributed by atoms with E-state index in [9.17, 15) is 0 Å². The van der Waals surface area contributed by atoms with Crippen molar-refractivity contribution in [2.24, 2.45) is 0 Å². The third-order valence-electron chi connectivity index (χ3n) is 2.52. The van der Waals surface area contributed by atoms with Crippen LogP contribution in [-0.2, 0) is 5.41 Å². The summed E-state index contributed by atoms with van der Waals surface area (Å²) in [5, 5.41) is 8.00. The molecule has 0 aliphatic rings. The maximum absolute atomic E-state index is 8.64. The van der Waals surface area contributed by atoms with E-state index in [0.717, 1.165) is 17.1 Å². The first-order valence-electron chi connectivity index (χ1n) is 5.73. The molecule has 1 rings (SSSR count). The highest BCUT2D eigenvalue weighted by atomic mass is 35.5. The second-order valence-corrected chi connectivity index (χ2v) is 5.55. The topological polar surface area (TPSA) is 42.2 Å². The summed E-state index contributed by atoms with van der Waals surface area (Å²) in [5.41, 5.74) is 0.960. The highest BCUT2D eigenvalue weighted by molar-refractivity contribution is 6.22. The van der Waals surface area contributed by atoms with E-state index in [0.29, 0.717) is 0 Å². The van der Waals surface area contributed by atoms with E-state index in [1.54, 1.807) is 7.11 Å². The Balaban J connectivity index is 3.00. The molecule has 1 aromatic rings. The number of ether oxygens (including phenoxy) is 2. The van der Waals surface area contributed by atoms with Crippen LogP contribution in [0.3, 0.4) is 0 Å². The normalized spacial score (nSPS) is 12.7. The van der Waals surface area contributed by atoms with E-state index >= 15 is 0 Å². The van der Waals surface area contributed by atoms with E-state index < -0.39 is 5.38 Å². The number of nitrogens with zero attached hydrogens (tertiary/aromatic N) is 1. The van der Waals surface area contributed by atoms with Crippen LogP contribution < -0.4 is 9.47 Å². The van der Waals surface area contributed by atoms with E-state index in [-0.39, 0.29) is 12.0 Å². The maximum atomic E-state index is 8.64. The second kappa shape index (κ2) is 5.97. The minimum Gasteiger partial charge on any atom is -0.497 e. The molecule has 4 heteroatoms. The van der Waals surface area contributed by atoms with Crippen molar-refractivity contribution >= 4 is 11.6 Å². The van der Waals surface area contributed by atoms with Crippen molar-refractivity contribution in [3.63, 3.8) is 0 Å². The number of hydrogen-bond acceptors (Lipinski definition) is 3. The predicted octanol–water partition coefficient (Wildman–Crippen LogP) is 3.50. The minimum absolute atomic E-state index is 0.0711. The summed E-state index contributed by atoms with van der Waals surface area (Å²) in [6.45, 7) is 6.46. The van der Waals surface area contributed by atoms with Crippen molar-refractivity contribution in [2.45, 2.75) is 31.6 Å². The molecule has 0 bridgehead atoms. The predicted molar refractivity (Wildman–Crippen MR) is 72.4 cm³/mol. The summed E-state index contributed by atoms with van der Waals surface area (Å²) in [5.74, 6) is 1.53. The van der Waals surface area contributed by atoms with Gasteiger partial charge in [-0.25, -0.2) is 0 Å². The Morgan fingerprint density at radius 2 is 2.06 bits per heavy atom. The standard InChI is InChI=1S/C14H18ClNO2/c1-14(2,3)12-7-11(17-4)5-6-13(12)18-9-10(15)8-16/h5-7,10H,9H2,1-4H3. The van der Waals surface area contributed by atoms with Crippen molar-refractivity contribution in [2.75, 3.05) is 13.7 Å². The Kier molecular flexibility index (Phi) is 4.86. The van der Waals surface area contributed by atoms with E-state index in [4.69, 9.17) is 26.3 Å². The lowest BCUT2D eigenvalue weighted by molar-refractivity contribution is 0.318. The molecule has 0 saturated carbocycles. The second-order valence-electron chi connectivity index (χ2n) is 5.02. The van der Waals surface area contributed by atoms with Crippen LogP contribution in [0.2, 0.25) is 0 Å². The number of alkyl halides is 1. The Morgan fingerprint density at radius 1 is 1.39 bits per heavy atom. The third kappa shape index (κ3) is 3.82. The molecule has 0 spiro atoms. The van der Waals surface area contributed by atoms with Crippen LogP contribution in [-0.4, -0.2) is 19.1 Å². The van der Waals surface area contributed by atoms with Crippen molar-refractivity contribution in [1.29, 1.82) is 5.26 Å². The summed E-state index contributed by atoms with van der Waals surface area (Å²) in [7, 11) is 1.63. The van der Waals surface area contributed by atoms with Crippen LogP contribution in [0.15, 0.2) is 18.2 Å². The molecule has 98 valence electrons. The maximum Gasteiger partial charge on any atom is 0.154 e. The first kappa shape index (κ1) is 14.7. The number of hydrogen-bond donors (Lipinski definition) is 0. The molecular weight excluding hydrogens is 250 g/mol. The minimum atomic E-state index is -0.639. The van der Waals surface area contributed by atoms with Gasteiger partial charge in [-0.2, -0.15) is 5.26 Å². The molecular formula is C14H18ClNO2. The van der Waals surface area contributed by atoms with Gasteiger partial charge in [0.25, 0.3) is 0 Å². The van der Waals surface area contributed by atoms with Crippen LogP contribution >= 0.6 is 11.6 Å². The van der Waals surface area contributed by atoms with E-state index in [1.807, 2.05) is 24.3 Å². The van der Waals surface area contributed by atoms with Gasteiger partial charge in [0.1, 0.15) is 18.1 Å². The van der Waals surface area contributed by atoms with Crippen molar-refractivity contribution < 1.29 is 9.47 Å². The lowest BCUT2D eigenvalue weighted by Crippen LogP contribution is -2.16. The highest BCUT2D eigenvalue weighted by Crippen LogP contribution is 2.34. The first-order valence-corrected chi connectivity index (χ1v) is 6.17. The van der Waals surface area contributed by atoms with Gasteiger partial charge in [0.2, 0.25) is 0 Å². The Labute approximate surface area is 113 Å². The molecule has 0 radical (unpaired) electrons. The van der Waals surface area contributed by atoms with Crippen molar-refractivity contribution in [3.05, 3.63) is 23.8 Å². The van der Waals surface area contributed by atoms with Gasteiger partial charge < -0.3 is 9.47 Å². The fourth-order valence-electron chi connectivity index (χ4n) is 1.55. The van der Waals surface area contributed by atoms with Crippen molar-refractivity contribution in [3.8, 4) is 17.6 Å². The summed E-state index contributed by atoms with van der Waals surface area (Å²) in [4.78, 5) is 0. The molecule has 3 nitrogen and oxygen atoms in total. The molecule has 18 heavy (non-hydrogen) atoms. The molecule has 0 heterocycles. The molecule has 0 fully saturated rings. The van der Waals surface area contributed by atoms with Gasteiger partial charge in [-0.15, -0.1) is 11.6 Å². The van der Waals surface area contributed by atoms with Crippen LogP contribution in [0.25, 0.3) is 0 Å². The number of benzene rings is 1. The summed E-state index contributed by atoms with van der Waals surface area (Å²) in [6.07, 6.45) is 0. The molecule has 1 unspecified atom stereocenters.